The Balaban J connectivity index is 1.37. The normalized spacial score (nSPS) is 24.1. The molecule has 0 amide bonds. The summed E-state index contributed by atoms with van der Waals surface area (Å²) in [4.78, 5) is 9.86. The molecule has 1 aromatic carbocycles. The first-order valence-electron chi connectivity index (χ1n) is 11.9. The lowest BCUT2D eigenvalue weighted by molar-refractivity contribution is -0.0164. The van der Waals surface area contributed by atoms with E-state index in [0.717, 1.165) is 45.1 Å². The molecule has 0 radical (unpaired) electrons. The number of likely N-dealkylation sites (tertiary alicyclic amines) is 2. The maximum absolute atomic E-state index is 5.70. The van der Waals surface area contributed by atoms with Crippen molar-refractivity contribution in [3.05, 3.63) is 35.9 Å². The largest absolute Gasteiger partial charge is 0.381 e. The molecule has 0 aromatic heterocycles. The number of aliphatic imine (C=N–C) groups is 1. The van der Waals surface area contributed by atoms with E-state index in [4.69, 9.17) is 4.74 Å². The van der Waals surface area contributed by atoms with Crippen LogP contribution >= 0.6 is 0 Å². The molecule has 6 heteroatoms. The van der Waals surface area contributed by atoms with E-state index in [1.807, 2.05) is 7.05 Å². The number of hydrogen-bond donors (Lipinski definition) is 2. The van der Waals surface area contributed by atoms with E-state index in [1.165, 1.54) is 57.4 Å². The lowest BCUT2D eigenvalue weighted by Gasteiger charge is -2.45. The minimum Gasteiger partial charge on any atom is -0.381 e. The monoisotopic (exact) mass is 413 g/mol. The number of guanidine groups is 1. The van der Waals surface area contributed by atoms with Crippen molar-refractivity contribution in [1.29, 1.82) is 0 Å². The molecule has 1 unspecified atom stereocenters. The van der Waals surface area contributed by atoms with Gasteiger partial charge in [0, 0.05) is 38.9 Å². The smallest absolute Gasteiger partial charge is 0.191 e. The Bertz CT molecular complexity index is 661. The average Bonchev–Trinajstić information content (AvgIpc) is 3.52. The zero-order valence-corrected chi connectivity index (χ0v) is 18.6. The van der Waals surface area contributed by atoms with E-state index >= 15 is 0 Å². The van der Waals surface area contributed by atoms with Crippen LogP contribution in [0.5, 0.6) is 0 Å². The van der Waals surface area contributed by atoms with Gasteiger partial charge in [0.2, 0.25) is 0 Å². The third-order valence-electron chi connectivity index (χ3n) is 7.24. The molecule has 1 aromatic rings. The van der Waals surface area contributed by atoms with Gasteiger partial charge in [0.15, 0.2) is 5.96 Å². The van der Waals surface area contributed by atoms with Gasteiger partial charge in [-0.15, -0.1) is 0 Å². The molecule has 6 nitrogen and oxygen atoms in total. The van der Waals surface area contributed by atoms with Gasteiger partial charge in [-0.25, -0.2) is 0 Å². The van der Waals surface area contributed by atoms with Gasteiger partial charge in [0.1, 0.15) is 0 Å². The van der Waals surface area contributed by atoms with Crippen LogP contribution in [-0.4, -0.2) is 80.8 Å². The second-order valence-electron chi connectivity index (χ2n) is 9.01. The van der Waals surface area contributed by atoms with Crippen LogP contribution in [0.1, 0.15) is 50.1 Å². The van der Waals surface area contributed by atoms with Gasteiger partial charge in [-0.3, -0.25) is 14.8 Å². The first kappa shape index (κ1) is 21.6. The van der Waals surface area contributed by atoms with Crippen molar-refractivity contribution in [2.24, 2.45) is 4.99 Å². The molecule has 2 N–H and O–H groups in total. The minimum atomic E-state index is 0.208. The first-order valence-corrected chi connectivity index (χ1v) is 11.9. The quantitative estimate of drug-likeness (QED) is 0.532. The number of nitrogens with zero attached hydrogens (tertiary/aromatic N) is 3. The lowest BCUT2D eigenvalue weighted by Crippen LogP contribution is -2.58. The van der Waals surface area contributed by atoms with E-state index in [-0.39, 0.29) is 5.54 Å². The van der Waals surface area contributed by atoms with Crippen molar-refractivity contribution in [3.63, 3.8) is 0 Å². The highest BCUT2D eigenvalue weighted by molar-refractivity contribution is 5.79. The van der Waals surface area contributed by atoms with Crippen LogP contribution in [0.15, 0.2) is 35.3 Å². The maximum Gasteiger partial charge on any atom is 0.191 e. The molecule has 30 heavy (non-hydrogen) atoms. The van der Waals surface area contributed by atoms with E-state index in [1.54, 1.807) is 0 Å². The zero-order chi connectivity index (χ0) is 20.7. The Labute approximate surface area is 182 Å². The highest BCUT2D eigenvalue weighted by Gasteiger charge is 2.39. The van der Waals surface area contributed by atoms with Crippen LogP contribution in [0.2, 0.25) is 0 Å². The summed E-state index contributed by atoms with van der Waals surface area (Å²) in [6.45, 7) is 8.37. The minimum absolute atomic E-state index is 0.208. The van der Waals surface area contributed by atoms with Crippen LogP contribution in [0.4, 0.5) is 0 Å². The van der Waals surface area contributed by atoms with Crippen molar-refractivity contribution in [2.75, 3.05) is 59.5 Å². The summed E-state index contributed by atoms with van der Waals surface area (Å²) < 4.78 is 5.70. The first-order chi connectivity index (χ1) is 14.8. The average molecular weight is 414 g/mol. The Morgan fingerprint density at radius 1 is 1.00 bits per heavy atom. The fourth-order valence-electron chi connectivity index (χ4n) is 5.40. The van der Waals surface area contributed by atoms with E-state index in [2.05, 4.69) is 55.8 Å². The maximum atomic E-state index is 5.70. The molecule has 1 atom stereocenters. The third-order valence-corrected chi connectivity index (χ3v) is 7.24. The van der Waals surface area contributed by atoms with Crippen LogP contribution in [0.25, 0.3) is 0 Å². The molecule has 166 valence electrons. The summed E-state index contributed by atoms with van der Waals surface area (Å²) >= 11 is 0. The Morgan fingerprint density at radius 2 is 1.67 bits per heavy atom. The number of hydrogen-bond acceptors (Lipinski definition) is 4. The predicted octanol–water partition coefficient (Wildman–Crippen LogP) is 2.63. The van der Waals surface area contributed by atoms with E-state index in [9.17, 15) is 0 Å². The summed E-state index contributed by atoms with van der Waals surface area (Å²) in [7, 11) is 1.88. The van der Waals surface area contributed by atoms with Crippen molar-refractivity contribution in [2.45, 2.75) is 50.1 Å². The molecule has 0 aliphatic carbocycles. The third kappa shape index (κ3) is 5.16. The van der Waals surface area contributed by atoms with Gasteiger partial charge in [-0.2, -0.15) is 0 Å². The zero-order valence-electron chi connectivity index (χ0n) is 18.6. The molecule has 3 heterocycles. The summed E-state index contributed by atoms with van der Waals surface area (Å²) in [5.74, 6) is 0.917. The van der Waals surface area contributed by atoms with Gasteiger partial charge in [-0.05, 0) is 70.3 Å². The predicted molar refractivity (Wildman–Crippen MR) is 123 cm³/mol. The number of benzene rings is 1. The van der Waals surface area contributed by atoms with Crippen molar-refractivity contribution in [3.8, 4) is 0 Å². The summed E-state index contributed by atoms with van der Waals surface area (Å²) in [5, 5.41) is 7.32. The molecule has 3 aliphatic rings. The van der Waals surface area contributed by atoms with Gasteiger partial charge in [0.05, 0.1) is 6.04 Å². The molecule has 3 saturated heterocycles. The second-order valence-corrected chi connectivity index (χ2v) is 9.01. The topological polar surface area (TPSA) is 52.1 Å². The Hall–Kier alpha value is -1.63. The highest BCUT2D eigenvalue weighted by atomic mass is 16.5. The van der Waals surface area contributed by atoms with Crippen molar-refractivity contribution >= 4 is 5.96 Å². The van der Waals surface area contributed by atoms with Crippen LogP contribution in [0, 0.1) is 0 Å². The SMILES string of the molecule is CN=C(NCC(c1ccccc1)N1CCCC1)NCC1(N2CCCC2)CCOCC1. The molecular formula is C24H39N5O. The molecular weight excluding hydrogens is 374 g/mol. The van der Waals surface area contributed by atoms with Gasteiger partial charge in [0.25, 0.3) is 0 Å². The number of ether oxygens (including phenoxy) is 1. The lowest BCUT2D eigenvalue weighted by atomic mass is 9.88. The molecule has 3 aliphatic heterocycles. The Morgan fingerprint density at radius 3 is 2.33 bits per heavy atom. The second kappa shape index (κ2) is 10.6. The summed E-state index contributed by atoms with van der Waals surface area (Å²) in [6, 6.07) is 11.3. The number of rotatable bonds is 7. The van der Waals surface area contributed by atoms with E-state index in [0.29, 0.717) is 6.04 Å². The standard InChI is InChI=1S/C24H39N5O/c1-25-23(27-20-24(11-17-30-18-12-24)29-15-7-8-16-29)26-19-22(28-13-5-6-14-28)21-9-3-2-4-10-21/h2-4,9-10,22H,5-8,11-20H2,1H3,(H2,25,26,27). The Kier molecular flexibility index (Phi) is 7.63. The van der Waals surface area contributed by atoms with Crippen LogP contribution in [0.3, 0.4) is 0 Å². The molecule has 3 fully saturated rings. The van der Waals surface area contributed by atoms with Gasteiger partial charge in [-0.1, -0.05) is 30.3 Å². The summed E-state index contributed by atoms with van der Waals surface area (Å²) in [6.07, 6.45) is 7.47. The van der Waals surface area contributed by atoms with Crippen molar-refractivity contribution in [1.82, 2.24) is 20.4 Å². The van der Waals surface area contributed by atoms with E-state index < -0.39 is 0 Å². The molecule has 4 rings (SSSR count). The number of nitrogens with one attached hydrogen (secondary N) is 2. The highest BCUT2D eigenvalue weighted by Crippen LogP contribution is 2.31. The molecule has 0 bridgehead atoms. The van der Waals surface area contributed by atoms with Crippen LogP contribution in [-0.2, 0) is 4.74 Å². The van der Waals surface area contributed by atoms with Gasteiger partial charge >= 0.3 is 0 Å². The molecule has 0 spiro atoms. The van der Waals surface area contributed by atoms with Gasteiger partial charge < -0.3 is 15.4 Å². The fraction of sp³-hybridized carbons (Fsp3) is 0.708. The van der Waals surface area contributed by atoms with Crippen molar-refractivity contribution < 1.29 is 4.74 Å². The van der Waals surface area contributed by atoms with Crippen LogP contribution < -0.4 is 10.6 Å². The molecule has 0 saturated carbocycles. The summed E-state index contributed by atoms with van der Waals surface area (Å²) in [5.41, 5.74) is 1.60. The fourth-order valence-corrected chi connectivity index (χ4v) is 5.40.